The summed E-state index contributed by atoms with van der Waals surface area (Å²) in [6.45, 7) is 6.00. The zero-order valence-electron chi connectivity index (χ0n) is 11.5. The first-order valence-corrected chi connectivity index (χ1v) is 6.49. The molecule has 0 saturated carbocycles. The smallest absolute Gasteiger partial charge is 0.224 e. The second kappa shape index (κ2) is 5.48. The monoisotopic (exact) mass is 287 g/mol. The first-order chi connectivity index (χ1) is 9.38. The molecule has 4 nitrogen and oxygen atoms in total. The Bertz CT molecular complexity index is 672. The maximum Gasteiger partial charge on any atom is 0.224 e. The molecule has 2 rings (SSSR count). The summed E-state index contributed by atoms with van der Waals surface area (Å²) in [5.74, 6) is 1.51. The number of ether oxygens (including phenoxy) is 1. The fourth-order valence-corrected chi connectivity index (χ4v) is 1.71. The van der Waals surface area contributed by atoms with Crippen molar-refractivity contribution in [1.29, 1.82) is 5.26 Å². The van der Waals surface area contributed by atoms with Crippen LogP contribution in [0.3, 0.4) is 0 Å². The molecular formula is C15H14ClN3O. The van der Waals surface area contributed by atoms with Crippen LogP contribution in [0, 0.1) is 11.3 Å². The Hall–Kier alpha value is -2.12. The second-order valence-electron chi connectivity index (χ2n) is 5.34. The van der Waals surface area contributed by atoms with E-state index in [0.717, 1.165) is 0 Å². The molecule has 0 fully saturated rings. The van der Waals surface area contributed by atoms with Gasteiger partial charge in [-0.3, -0.25) is 0 Å². The van der Waals surface area contributed by atoms with Crippen molar-refractivity contribution >= 4 is 11.6 Å². The van der Waals surface area contributed by atoms with E-state index in [1.54, 1.807) is 30.3 Å². The lowest BCUT2D eigenvalue weighted by Crippen LogP contribution is -2.16. The van der Waals surface area contributed by atoms with Gasteiger partial charge in [-0.1, -0.05) is 38.4 Å². The Morgan fingerprint density at radius 3 is 2.60 bits per heavy atom. The van der Waals surface area contributed by atoms with Crippen LogP contribution in [0.25, 0.3) is 0 Å². The van der Waals surface area contributed by atoms with E-state index in [9.17, 15) is 0 Å². The van der Waals surface area contributed by atoms with Gasteiger partial charge >= 0.3 is 0 Å². The standard InChI is InChI=1S/C15H14ClN3O/c1-15(2,3)14-18-12(16)8-13(19-14)20-11-6-4-5-10(7-11)9-17/h4-8H,1-3H3. The molecule has 1 aromatic carbocycles. The first kappa shape index (κ1) is 14.3. The molecule has 102 valence electrons. The lowest BCUT2D eigenvalue weighted by Gasteiger charge is -2.17. The Labute approximate surface area is 123 Å². The fraction of sp³-hybridized carbons (Fsp3) is 0.267. The van der Waals surface area contributed by atoms with Gasteiger partial charge in [-0.05, 0) is 18.2 Å². The molecule has 0 aliphatic rings. The van der Waals surface area contributed by atoms with E-state index < -0.39 is 0 Å². The normalized spacial score (nSPS) is 10.9. The Balaban J connectivity index is 2.34. The van der Waals surface area contributed by atoms with Gasteiger partial charge in [0, 0.05) is 11.5 Å². The molecule has 0 amide bonds. The summed E-state index contributed by atoms with van der Waals surface area (Å²) in [5, 5.41) is 9.20. The molecule has 0 unspecified atom stereocenters. The third kappa shape index (κ3) is 3.46. The van der Waals surface area contributed by atoms with Gasteiger partial charge < -0.3 is 4.74 Å². The van der Waals surface area contributed by atoms with E-state index in [1.807, 2.05) is 20.8 Å². The van der Waals surface area contributed by atoms with E-state index in [1.165, 1.54) is 0 Å². The van der Waals surface area contributed by atoms with Crippen LogP contribution in [0.1, 0.15) is 32.2 Å². The van der Waals surface area contributed by atoms with Crippen LogP contribution in [0.4, 0.5) is 0 Å². The number of hydrogen-bond acceptors (Lipinski definition) is 4. The molecule has 0 radical (unpaired) electrons. The van der Waals surface area contributed by atoms with Crippen LogP contribution in [-0.4, -0.2) is 9.97 Å². The summed E-state index contributed by atoms with van der Waals surface area (Å²) < 4.78 is 5.65. The van der Waals surface area contributed by atoms with E-state index in [-0.39, 0.29) is 5.41 Å². The summed E-state index contributed by atoms with van der Waals surface area (Å²) in [7, 11) is 0. The molecule has 0 saturated heterocycles. The molecule has 0 aliphatic carbocycles. The summed E-state index contributed by atoms with van der Waals surface area (Å²) in [4.78, 5) is 8.56. The number of rotatable bonds is 2. The largest absolute Gasteiger partial charge is 0.439 e. The SMILES string of the molecule is CC(C)(C)c1nc(Cl)cc(Oc2cccc(C#N)c2)n1. The lowest BCUT2D eigenvalue weighted by molar-refractivity contribution is 0.446. The van der Waals surface area contributed by atoms with Gasteiger partial charge in [0.25, 0.3) is 0 Å². The van der Waals surface area contributed by atoms with Gasteiger partial charge in [-0.15, -0.1) is 0 Å². The highest BCUT2D eigenvalue weighted by Crippen LogP contribution is 2.26. The molecule has 20 heavy (non-hydrogen) atoms. The lowest BCUT2D eigenvalue weighted by atomic mass is 9.96. The zero-order chi connectivity index (χ0) is 14.8. The van der Waals surface area contributed by atoms with Crippen molar-refractivity contribution in [3.63, 3.8) is 0 Å². The maximum absolute atomic E-state index is 8.87. The maximum atomic E-state index is 8.87. The van der Waals surface area contributed by atoms with E-state index in [4.69, 9.17) is 21.6 Å². The average molecular weight is 288 g/mol. The number of nitrogens with zero attached hydrogens (tertiary/aromatic N) is 3. The minimum Gasteiger partial charge on any atom is -0.439 e. The van der Waals surface area contributed by atoms with Crippen LogP contribution in [0.2, 0.25) is 5.15 Å². The van der Waals surface area contributed by atoms with Crippen molar-refractivity contribution in [2.45, 2.75) is 26.2 Å². The second-order valence-corrected chi connectivity index (χ2v) is 5.73. The first-order valence-electron chi connectivity index (χ1n) is 6.11. The molecule has 2 aromatic rings. The third-order valence-electron chi connectivity index (χ3n) is 2.53. The molecular weight excluding hydrogens is 274 g/mol. The van der Waals surface area contributed by atoms with Crippen molar-refractivity contribution in [3.8, 4) is 17.7 Å². The predicted octanol–water partition coefficient (Wildman–Crippen LogP) is 4.09. The van der Waals surface area contributed by atoms with Crippen LogP contribution < -0.4 is 4.74 Å². The highest BCUT2D eigenvalue weighted by atomic mass is 35.5. The molecule has 0 aliphatic heterocycles. The quantitative estimate of drug-likeness (QED) is 0.781. The van der Waals surface area contributed by atoms with E-state index in [0.29, 0.717) is 28.2 Å². The average Bonchev–Trinajstić information content (AvgIpc) is 2.37. The van der Waals surface area contributed by atoms with Gasteiger partial charge in [-0.2, -0.15) is 10.2 Å². The fourth-order valence-electron chi connectivity index (χ4n) is 1.53. The van der Waals surface area contributed by atoms with Gasteiger partial charge in [0.15, 0.2) is 0 Å². The molecule has 0 spiro atoms. The summed E-state index contributed by atoms with van der Waals surface area (Å²) >= 11 is 6.00. The Kier molecular flexibility index (Phi) is 3.91. The summed E-state index contributed by atoms with van der Waals surface area (Å²) in [6, 6.07) is 10.5. The Morgan fingerprint density at radius 1 is 1.20 bits per heavy atom. The van der Waals surface area contributed by atoms with Crippen LogP contribution in [-0.2, 0) is 5.41 Å². The van der Waals surface area contributed by atoms with E-state index >= 15 is 0 Å². The van der Waals surface area contributed by atoms with Gasteiger partial charge in [-0.25, -0.2) is 4.98 Å². The van der Waals surface area contributed by atoms with Gasteiger partial charge in [0.2, 0.25) is 5.88 Å². The predicted molar refractivity (Wildman–Crippen MR) is 77.0 cm³/mol. The molecule has 5 heteroatoms. The van der Waals surface area contributed by atoms with Crippen molar-refractivity contribution < 1.29 is 4.74 Å². The third-order valence-corrected chi connectivity index (χ3v) is 2.72. The molecule has 0 atom stereocenters. The van der Waals surface area contributed by atoms with Crippen molar-refractivity contribution in [2.24, 2.45) is 0 Å². The number of aromatic nitrogens is 2. The van der Waals surface area contributed by atoms with Crippen LogP contribution >= 0.6 is 11.6 Å². The summed E-state index contributed by atoms with van der Waals surface area (Å²) in [5.41, 5.74) is 0.302. The number of benzene rings is 1. The molecule has 0 N–H and O–H groups in total. The highest BCUT2D eigenvalue weighted by molar-refractivity contribution is 6.29. The number of halogens is 1. The van der Waals surface area contributed by atoms with Crippen LogP contribution in [0.5, 0.6) is 11.6 Å². The van der Waals surface area contributed by atoms with E-state index in [2.05, 4.69) is 16.0 Å². The van der Waals surface area contributed by atoms with Crippen molar-refractivity contribution in [3.05, 3.63) is 46.9 Å². The molecule has 1 aromatic heterocycles. The summed E-state index contributed by atoms with van der Waals surface area (Å²) in [6.07, 6.45) is 0. The highest BCUT2D eigenvalue weighted by Gasteiger charge is 2.19. The van der Waals surface area contributed by atoms with Crippen molar-refractivity contribution in [2.75, 3.05) is 0 Å². The van der Waals surface area contributed by atoms with Crippen molar-refractivity contribution in [1.82, 2.24) is 9.97 Å². The minimum atomic E-state index is -0.225. The molecule has 1 heterocycles. The Morgan fingerprint density at radius 2 is 1.95 bits per heavy atom. The molecule has 0 bridgehead atoms. The zero-order valence-corrected chi connectivity index (χ0v) is 12.3. The van der Waals surface area contributed by atoms with Gasteiger partial charge in [0.05, 0.1) is 11.6 Å². The van der Waals surface area contributed by atoms with Crippen LogP contribution in [0.15, 0.2) is 30.3 Å². The van der Waals surface area contributed by atoms with Gasteiger partial charge in [0.1, 0.15) is 16.7 Å². The minimum absolute atomic E-state index is 0.225. The number of nitriles is 1. The number of hydrogen-bond donors (Lipinski definition) is 0. The topological polar surface area (TPSA) is 58.8 Å².